The van der Waals surface area contributed by atoms with Crippen LogP contribution in [0, 0.1) is 12.7 Å². The second kappa shape index (κ2) is 6.32. The molecule has 1 aromatic heterocycles. The van der Waals surface area contributed by atoms with Crippen molar-refractivity contribution in [3.05, 3.63) is 56.5 Å². The van der Waals surface area contributed by atoms with Crippen molar-refractivity contribution in [2.24, 2.45) is 0 Å². The zero-order valence-corrected chi connectivity index (χ0v) is 11.7. The molecule has 1 N–H and O–H groups in total. The predicted octanol–water partition coefficient (Wildman–Crippen LogP) is 4.18. The number of aryl methyl sites for hydroxylation is 1. The Morgan fingerprint density at radius 2 is 2.11 bits per heavy atom. The molecule has 0 bridgehead atoms. The predicted molar refractivity (Wildman–Crippen MR) is 75.9 cm³/mol. The van der Waals surface area contributed by atoms with Crippen molar-refractivity contribution in [2.75, 3.05) is 6.54 Å². The second-order valence-electron chi connectivity index (χ2n) is 4.20. The molecule has 0 spiro atoms. The Bertz CT molecular complexity index is 524. The van der Waals surface area contributed by atoms with Crippen LogP contribution >= 0.6 is 22.9 Å². The van der Waals surface area contributed by atoms with Gasteiger partial charge >= 0.3 is 0 Å². The van der Waals surface area contributed by atoms with E-state index in [0.717, 1.165) is 28.4 Å². The normalized spacial score (nSPS) is 10.8. The first-order valence-electron chi connectivity index (χ1n) is 5.85. The Balaban J connectivity index is 1.80. The molecule has 0 aliphatic carbocycles. The maximum Gasteiger partial charge on any atom is 0.123 e. The number of hydrogen-bond acceptors (Lipinski definition) is 2. The van der Waals surface area contributed by atoms with Crippen LogP contribution in [0.15, 0.2) is 30.3 Å². The lowest BCUT2D eigenvalue weighted by Gasteiger charge is -2.07. The highest BCUT2D eigenvalue weighted by atomic mass is 35.5. The number of benzene rings is 1. The smallest absolute Gasteiger partial charge is 0.123 e. The van der Waals surface area contributed by atoms with Gasteiger partial charge in [0.15, 0.2) is 0 Å². The molecule has 2 rings (SSSR count). The molecule has 0 fully saturated rings. The molecule has 0 saturated carbocycles. The first kappa shape index (κ1) is 13.5. The summed E-state index contributed by atoms with van der Waals surface area (Å²) < 4.78 is 13.9. The van der Waals surface area contributed by atoms with Crippen LogP contribution in [-0.4, -0.2) is 6.54 Å². The van der Waals surface area contributed by atoms with E-state index < -0.39 is 0 Å². The minimum atomic E-state index is -0.178. The van der Waals surface area contributed by atoms with Gasteiger partial charge in [-0.05, 0) is 48.7 Å². The molecular weight excluding hydrogens is 269 g/mol. The fourth-order valence-corrected chi connectivity index (χ4v) is 2.84. The van der Waals surface area contributed by atoms with Gasteiger partial charge in [0, 0.05) is 18.0 Å². The van der Waals surface area contributed by atoms with E-state index in [1.165, 1.54) is 10.9 Å². The van der Waals surface area contributed by atoms with Gasteiger partial charge in [0.1, 0.15) is 5.82 Å². The maximum atomic E-state index is 13.1. The van der Waals surface area contributed by atoms with E-state index in [9.17, 15) is 4.39 Å². The van der Waals surface area contributed by atoms with E-state index in [2.05, 4.69) is 5.32 Å². The van der Waals surface area contributed by atoms with Crippen molar-refractivity contribution in [3.63, 3.8) is 0 Å². The van der Waals surface area contributed by atoms with Gasteiger partial charge in [-0.3, -0.25) is 0 Å². The third-order valence-electron chi connectivity index (χ3n) is 2.80. The zero-order valence-electron chi connectivity index (χ0n) is 10.2. The highest BCUT2D eigenvalue weighted by Crippen LogP contribution is 2.21. The van der Waals surface area contributed by atoms with Crippen molar-refractivity contribution >= 4 is 22.9 Å². The summed E-state index contributed by atoms with van der Waals surface area (Å²) in [5, 5.41) is 3.32. The zero-order chi connectivity index (χ0) is 13.0. The summed E-state index contributed by atoms with van der Waals surface area (Å²) in [6.07, 6.45) is 0.950. The van der Waals surface area contributed by atoms with Gasteiger partial charge in [-0.15, -0.1) is 11.3 Å². The standard InChI is InChI=1S/C14H15ClFNS/c1-10-2-3-12(16)8-11(10)9-17-7-6-13-4-5-14(15)18-13/h2-5,8,17H,6-7,9H2,1H3. The van der Waals surface area contributed by atoms with Crippen molar-refractivity contribution in [3.8, 4) is 0 Å². The van der Waals surface area contributed by atoms with Crippen LogP contribution in [0.5, 0.6) is 0 Å². The lowest BCUT2D eigenvalue weighted by molar-refractivity contribution is 0.619. The number of thiophene rings is 1. The average molecular weight is 284 g/mol. The third kappa shape index (κ3) is 3.80. The molecule has 18 heavy (non-hydrogen) atoms. The van der Waals surface area contributed by atoms with Crippen LogP contribution in [0.25, 0.3) is 0 Å². The summed E-state index contributed by atoms with van der Waals surface area (Å²) in [4.78, 5) is 1.27. The highest BCUT2D eigenvalue weighted by Gasteiger charge is 2.01. The van der Waals surface area contributed by atoms with Crippen LogP contribution < -0.4 is 5.32 Å². The largest absolute Gasteiger partial charge is 0.312 e. The summed E-state index contributed by atoms with van der Waals surface area (Å²) in [5.74, 6) is -0.178. The number of hydrogen-bond donors (Lipinski definition) is 1. The van der Waals surface area contributed by atoms with E-state index in [-0.39, 0.29) is 5.82 Å². The fourth-order valence-electron chi connectivity index (χ4n) is 1.75. The highest BCUT2D eigenvalue weighted by molar-refractivity contribution is 7.16. The summed E-state index contributed by atoms with van der Waals surface area (Å²) in [5.41, 5.74) is 2.13. The van der Waals surface area contributed by atoms with Gasteiger partial charge in [-0.1, -0.05) is 17.7 Å². The van der Waals surface area contributed by atoms with E-state index in [0.29, 0.717) is 6.54 Å². The topological polar surface area (TPSA) is 12.0 Å². The van der Waals surface area contributed by atoms with Crippen LogP contribution in [0.1, 0.15) is 16.0 Å². The Kier molecular flexibility index (Phi) is 4.75. The van der Waals surface area contributed by atoms with Gasteiger partial charge < -0.3 is 5.32 Å². The van der Waals surface area contributed by atoms with Crippen LogP contribution in [0.2, 0.25) is 4.34 Å². The maximum absolute atomic E-state index is 13.1. The molecule has 0 unspecified atom stereocenters. The molecule has 1 heterocycles. The lowest BCUT2D eigenvalue weighted by atomic mass is 10.1. The minimum Gasteiger partial charge on any atom is -0.312 e. The van der Waals surface area contributed by atoms with E-state index in [4.69, 9.17) is 11.6 Å². The van der Waals surface area contributed by atoms with Crippen LogP contribution in [0.4, 0.5) is 4.39 Å². The van der Waals surface area contributed by atoms with Gasteiger partial charge in [0.05, 0.1) is 4.34 Å². The second-order valence-corrected chi connectivity index (χ2v) is 6.00. The summed E-state index contributed by atoms with van der Waals surface area (Å²) in [6.45, 7) is 3.56. The minimum absolute atomic E-state index is 0.178. The molecule has 4 heteroatoms. The Hall–Kier alpha value is -0.900. The molecule has 0 aliphatic rings. The molecule has 0 amide bonds. The molecule has 96 valence electrons. The lowest BCUT2D eigenvalue weighted by Crippen LogP contribution is -2.17. The average Bonchev–Trinajstić information content (AvgIpc) is 2.75. The summed E-state index contributed by atoms with van der Waals surface area (Å²) in [6, 6.07) is 8.85. The molecule has 0 aliphatic heterocycles. The molecule has 1 nitrogen and oxygen atoms in total. The van der Waals surface area contributed by atoms with Gasteiger partial charge in [0.2, 0.25) is 0 Å². The van der Waals surface area contributed by atoms with Gasteiger partial charge in [-0.2, -0.15) is 0 Å². The molecular formula is C14H15ClFNS. The molecule has 0 atom stereocenters. The van der Waals surface area contributed by atoms with Crippen molar-refractivity contribution in [1.82, 2.24) is 5.32 Å². The molecule has 0 radical (unpaired) electrons. The van der Waals surface area contributed by atoms with Crippen molar-refractivity contribution in [2.45, 2.75) is 19.9 Å². The fraction of sp³-hybridized carbons (Fsp3) is 0.286. The summed E-state index contributed by atoms with van der Waals surface area (Å²) >= 11 is 7.47. The van der Waals surface area contributed by atoms with E-state index in [1.54, 1.807) is 17.4 Å². The molecule has 1 aromatic carbocycles. The van der Waals surface area contributed by atoms with Crippen molar-refractivity contribution < 1.29 is 4.39 Å². The van der Waals surface area contributed by atoms with Crippen LogP contribution in [0.3, 0.4) is 0 Å². The van der Waals surface area contributed by atoms with Crippen molar-refractivity contribution in [1.29, 1.82) is 0 Å². The summed E-state index contributed by atoms with van der Waals surface area (Å²) in [7, 11) is 0. The number of rotatable bonds is 5. The van der Waals surface area contributed by atoms with Gasteiger partial charge in [-0.25, -0.2) is 4.39 Å². The van der Waals surface area contributed by atoms with E-state index >= 15 is 0 Å². The van der Waals surface area contributed by atoms with Gasteiger partial charge in [0.25, 0.3) is 0 Å². The third-order valence-corrected chi connectivity index (χ3v) is 4.09. The van der Waals surface area contributed by atoms with E-state index in [1.807, 2.05) is 25.1 Å². The first-order valence-corrected chi connectivity index (χ1v) is 7.04. The molecule has 2 aromatic rings. The Labute approximate surface area is 116 Å². The number of halogens is 2. The quantitative estimate of drug-likeness (QED) is 0.812. The Morgan fingerprint density at radius 3 is 2.83 bits per heavy atom. The monoisotopic (exact) mass is 283 g/mol. The van der Waals surface area contributed by atoms with Crippen LogP contribution in [-0.2, 0) is 13.0 Å². The Morgan fingerprint density at radius 1 is 1.28 bits per heavy atom. The number of nitrogens with one attached hydrogen (secondary N) is 1. The first-order chi connectivity index (χ1) is 8.65. The molecule has 0 saturated heterocycles. The SMILES string of the molecule is Cc1ccc(F)cc1CNCCc1ccc(Cl)s1.